The maximum absolute atomic E-state index is 12.9. The normalized spacial score (nSPS) is 12.2. The molecule has 0 aliphatic rings. The molecule has 0 aliphatic heterocycles. The first-order chi connectivity index (χ1) is 17.2. The Balaban J connectivity index is 1.98. The molecule has 0 unspecified atom stereocenters. The summed E-state index contributed by atoms with van der Waals surface area (Å²) >= 11 is 1.22. The third-order valence-electron chi connectivity index (χ3n) is 5.14. The van der Waals surface area contributed by atoms with E-state index in [0.717, 1.165) is 4.70 Å². The number of rotatable bonds is 12. The Morgan fingerprint density at radius 2 is 1.86 bits per heavy atom. The Morgan fingerprint density at radius 3 is 2.44 bits per heavy atom. The SMILES string of the molecule is C=CCN(CC=C)S(=O)(=O)c1ccc(C(=O)N=c2sc3ccc([N+](=O)[O-])cc3n2CCOCC)cc1. The molecule has 0 fully saturated rings. The van der Waals surface area contributed by atoms with Crippen molar-refractivity contribution < 1.29 is 22.9 Å². The summed E-state index contributed by atoms with van der Waals surface area (Å²) in [5, 5.41) is 11.2. The summed E-state index contributed by atoms with van der Waals surface area (Å²) < 4.78 is 34.9. The molecule has 0 saturated heterocycles. The summed E-state index contributed by atoms with van der Waals surface area (Å²) in [6.07, 6.45) is 2.97. The van der Waals surface area contributed by atoms with Gasteiger partial charge in [0.05, 0.1) is 26.6 Å². The standard InChI is InChI=1S/C24H26N4O6S2/c1-4-13-26(14-5-2)36(32,33)20-10-7-18(8-11-20)23(29)25-24-27(15-16-34-6-3)21-17-19(28(30)31)9-12-22(21)35-24/h4-5,7-12,17H,1-2,6,13-16H2,3H3. The third-order valence-corrected chi connectivity index (χ3v) is 8.05. The average molecular weight is 531 g/mol. The van der Waals surface area contributed by atoms with E-state index in [-0.39, 0.29) is 29.2 Å². The van der Waals surface area contributed by atoms with Crippen LogP contribution in [-0.2, 0) is 21.3 Å². The van der Waals surface area contributed by atoms with Gasteiger partial charge in [0, 0.05) is 43.9 Å². The van der Waals surface area contributed by atoms with E-state index in [2.05, 4.69) is 18.2 Å². The molecule has 1 amide bonds. The number of nitro benzene ring substituents is 1. The average Bonchev–Trinajstić information content (AvgIpc) is 3.20. The molecule has 1 heterocycles. The van der Waals surface area contributed by atoms with E-state index in [1.54, 1.807) is 10.6 Å². The number of carbonyl (C=O) groups excluding carboxylic acids is 1. The van der Waals surface area contributed by atoms with Gasteiger partial charge >= 0.3 is 0 Å². The zero-order valence-corrected chi connectivity index (χ0v) is 21.3. The molecule has 3 aromatic rings. The summed E-state index contributed by atoms with van der Waals surface area (Å²) in [5.74, 6) is -0.570. The number of nitrogens with zero attached hydrogens (tertiary/aromatic N) is 4. The van der Waals surface area contributed by atoms with Crippen LogP contribution in [0.3, 0.4) is 0 Å². The molecule has 1 aromatic heterocycles. The van der Waals surface area contributed by atoms with Gasteiger partial charge in [-0.15, -0.1) is 13.2 Å². The highest BCUT2D eigenvalue weighted by molar-refractivity contribution is 7.89. The number of ether oxygens (including phenoxy) is 1. The van der Waals surface area contributed by atoms with Gasteiger partial charge in [0.15, 0.2) is 4.80 Å². The van der Waals surface area contributed by atoms with E-state index in [1.165, 1.54) is 64.2 Å². The molecule has 190 valence electrons. The summed E-state index contributed by atoms with van der Waals surface area (Å²) in [4.78, 5) is 28.3. The van der Waals surface area contributed by atoms with E-state index in [4.69, 9.17) is 4.74 Å². The Kier molecular flexibility index (Phi) is 9.04. The number of nitro groups is 1. The van der Waals surface area contributed by atoms with Crippen molar-refractivity contribution in [2.45, 2.75) is 18.4 Å². The third kappa shape index (κ3) is 6.02. The Bertz CT molecular complexity index is 1450. The molecular weight excluding hydrogens is 504 g/mol. The minimum absolute atomic E-state index is 0.0312. The van der Waals surface area contributed by atoms with Crippen LogP contribution in [-0.4, -0.2) is 54.4 Å². The second-order valence-electron chi connectivity index (χ2n) is 7.48. The quantitative estimate of drug-likeness (QED) is 0.152. The molecular formula is C24H26N4O6S2. The van der Waals surface area contributed by atoms with Crippen LogP contribution in [0.25, 0.3) is 10.2 Å². The van der Waals surface area contributed by atoms with Crippen LogP contribution in [0, 0.1) is 10.1 Å². The number of benzene rings is 2. The van der Waals surface area contributed by atoms with Crippen molar-refractivity contribution >= 4 is 43.2 Å². The number of non-ortho nitro benzene ring substituents is 1. The summed E-state index contributed by atoms with van der Waals surface area (Å²) in [6.45, 7) is 10.5. The first-order valence-electron chi connectivity index (χ1n) is 11.0. The Labute approximate surface area is 212 Å². The van der Waals surface area contributed by atoms with Crippen LogP contribution in [0.4, 0.5) is 5.69 Å². The van der Waals surface area contributed by atoms with E-state index in [9.17, 15) is 23.3 Å². The van der Waals surface area contributed by atoms with Crippen LogP contribution in [0.2, 0.25) is 0 Å². The van der Waals surface area contributed by atoms with Crippen molar-refractivity contribution in [1.82, 2.24) is 8.87 Å². The molecule has 2 aromatic carbocycles. The number of thiazole rings is 1. The highest BCUT2D eigenvalue weighted by Gasteiger charge is 2.22. The van der Waals surface area contributed by atoms with Gasteiger partial charge in [-0.3, -0.25) is 14.9 Å². The van der Waals surface area contributed by atoms with E-state index >= 15 is 0 Å². The number of fused-ring (bicyclic) bond motifs is 1. The first-order valence-corrected chi connectivity index (χ1v) is 13.2. The number of carbonyl (C=O) groups is 1. The van der Waals surface area contributed by atoms with E-state index in [0.29, 0.717) is 30.1 Å². The lowest BCUT2D eigenvalue weighted by molar-refractivity contribution is -0.384. The van der Waals surface area contributed by atoms with Gasteiger partial charge in [0.25, 0.3) is 11.6 Å². The lowest BCUT2D eigenvalue weighted by atomic mass is 10.2. The zero-order valence-electron chi connectivity index (χ0n) is 19.7. The summed E-state index contributed by atoms with van der Waals surface area (Å²) in [6, 6.07) is 9.99. The van der Waals surface area contributed by atoms with E-state index < -0.39 is 20.9 Å². The molecule has 0 atom stereocenters. The van der Waals surface area contributed by atoms with Crippen molar-refractivity contribution in [3.8, 4) is 0 Å². The lowest BCUT2D eigenvalue weighted by Crippen LogP contribution is -2.31. The van der Waals surface area contributed by atoms with Gasteiger partial charge in [-0.25, -0.2) is 8.42 Å². The van der Waals surface area contributed by atoms with Gasteiger partial charge in [-0.2, -0.15) is 9.30 Å². The predicted octanol–water partition coefficient (Wildman–Crippen LogP) is 3.75. The second kappa shape index (κ2) is 12.0. The molecule has 10 nitrogen and oxygen atoms in total. The van der Waals surface area contributed by atoms with Gasteiger partial charge < -0.3 is 9.30 Å². The molecule has 0 saturated carbocycles. The molecule has 0 radical (unpaired) electrons. The van der Waals surface area contributed by atoms with Crippen LogP contribution >= 0.6 is 11.3 Å². The number of hydrogen-bond donors (Lipinski definition) is 0. The minimum atomic E-state index is -3.80. The maximum Gasteiger partial charge on any atom is 0.279 e. The molecule has 12 heteroatoms. The van der Waals surface area contributed by atoms with Gasteiger partial charge in [-0.05, 0) is 37.3 Å². The van der Waals surface area contributed by atoms with Crippen molar-refractivity contribution in [2.24, 2.45) is 4.99 Å². The molecule has 3 rings (SSSR count). The van der Waals surface area contributed by atoms with Crippen LogP contribution < -0.4 is 4.80 Å². The van der Waals surface area contributed by atoms with Gasteiger partial charge in [0.1, 0.15) is 0 Å². The van der Waals surface area contributed by atoms with Crippen LogP contribution in [0.15, 0.2) is 77.7 Å². The van der Waals surface area contributed by atoms with Crippen molar-refractivity contribution in [2.75, 3.05) is 26.3 Å². The fourth-order valence-corrected chi connectivity index (χ4v) is 5.82. The lowest BCUT2D eigenvalue weighted by Gasteiger charge is -2.19. The molecule has 36 heavy (non-hydrogen) atoms. The minimum Gasteiger partial charge on any atom is -0.380 e. The van der Waals surface area contributed by atoms with Crippen LogP contribution in [0.5, 0.6) is 0 Å². The molecule has 0 aliphatic carbocycles. The number of sulfonamides is 1. The maximum atomic E-state index is 12.9. The number of amides is 1. The highest BCUT2D eigenvalue weighted by atomic mass is 32.2. The first kappa shape index (κ1) is 27.1. The van der Waals surface area contributed by atoms with Crippen molar-refractivity contribution in [1.29, 1.82) is 0 Å². The highest BCUT2D eigenvalue weighted by Crippen LogP contribution is 2.23. The van der Waals surface area contributed by atoms with Gasteiger partial charge in [0.2, 0.25) is 10.0 Å². The fraction of sp³-hybridized carbons (Fsp3) is 0.250. The zero-order chi connectivity index (χ0) is 26.3. The molecule has 0 N–H and O–H groups in total. The molecule has 0 bridgehead atoms. The van der Waals surface area contributed by atoms with Crippen molar-refractivity contribution in [3.63, 3.8) is 0 Å². The second-order valence-corrected chi connectivity index (χ2v) is 10.4. The van der Waals surface area contributed by atoms with Crippen molar-refractivity contribution in [3.05, 3.63) is 88.3 Å². The number of aromatic nitrogens is 1. The summed E-state index contributed by atoms with van der Waals surface area (Å²) in [7, 11) is -3.80. The predicted molar refractivity (Wildman–Crippen MR) is 138 cm³/mol. The summed E-state index contributed by atoms with van der Waals surface area (Å²) in [5.41, 5.74) is 0.709. The largest absolute Gasteiger partial charge is 0.380 e. The smallest absolute Gasteiger partial charge is 0.279 e. The number of hydrogen-bond acceptors (Lipinski definition) is 7. The Hall–Kier alpha value is -3.45. The monoisotopic (exact) mass is 530 g/mol. The van der Waals surface area contributed by atoms with E-state index in [1.807, 2.05) is 6.92 Å². The Morgan fingerprint density at radius 1 is 1.19 bits per heavy atom. The fourth-order valence-electron chi connectivity index (χ4n) is 3.40. The van der Waals surface area contributed by atoms with Crippen LogP contribution in [0.1, 0.15) is 17.3 Å². The van der Waals surface area contributed by atoms with Gasteiger partial charge in [-0.1, -0.05) is 23.5 Å². The molecule has 0 spiro atoms. The topological polar surface area (TPSA) is 124 Å².